The van der Waals surface area contributed by atoms with Crippen molar-refractivity contribution in [3.8, 4) is 0 Å². The van der Waals surface area contributed by atoms with Gasteiger partial charge in [0.2, 0.25) is 0 Å². The molecule has 1 heterocycles. The molecule has 0 saturated carbocycles. The molecule has 0 N–H and O–H groups in total. The Balaban J connectivity index is 2.34. The highest BCUT2D eigenvalue weighted by atomic mass is 32.1. The minimum atomic E-state index is -0.540. The lowest BCUT2D eigenvalue weighted by atomic mass is 10.2. The van der Waals surface area contributed by atoms with Crippen LogP contribution in [0.1, 0.15) is 20.8 Å². The van der Waals surface area contributed by atoms with Crippen molar-refractivity contribution >= 4 is 28.2 Å². The number of nitrogens with zero attached hydrogens (tertiary/aromatic N) is 2. The number of benzene rings is 1. The molecule has 0 aliphatic carbocycles. The number of rotatable bonds is 2. The lowest BCUT2D eigenvalue weighted by Crippen LogP contribution is -2.33. The van der Waals surface area contributed by atoms with Crippen molar-refractivity contribution < 1.29 is 9.53 Å². The molecule has 2 rings (SSSR count). The monoisotopic (exact) mass is 276 g/mol. The summed E-state index contributed by atoms with van der Waals surface area (Å²) in [4.78, 5) is 18.0. The van der Waals surface area contributed by atoms with E-state index in [0.29, 0.717) is 5.13 Å². The maximum Gasteiger partial charge on any atom is 0.421 e. The molecule has 1 aromatic heterocycles. The third kappa shape index (κ3) is 3.54. The molecule has 100 valence electrons. The Morgan fingerprint density at radius 3 is 2.47 bits per heavy atom. The van der Waals surface area contributed by atoms with Crippen molar-refractivity contribution in [3.05, 3.63) is 41.9 Å². The molecule has 5 heteroatoms. The molecule has 2 aromatic rings. The van der Waals surface area contributed by atoms with Crippen LogP contribution in [-0.2, 0) is 4.74 Å². The van der Waals surface area contributed by atoms with Gasteiger partial charge < -0.3 is 4.74 Å². The number of hydrogen-bond donors (Lipinski definition) is 0. The molecule has 0 spiro atoms. The normalized spacial score (nSPS) is 11.1. The Morgan fingerprint density at radius 1 is 1.26 bits per heavy atom. The highest BCUT2D eigenvalue weighted by Crippen LogP contribution is 2.28. The van der Waals surface area contributed by atoms with Crippen LogP contribution in [0.3, 0.4) is 0 Å². The van der Waals surface area contributed by atoms with Crippen molar-refractivity contribution in [2.45, 2.75) is 26.4 Å². The predicted molar refractivity (Wildman–Crippen MR) is 76.9 cm³/mol. The average molecular weight is 276 g/mol. The van der Waals surface area contributed by atoms with Crippen LogP contribution in [0.25, 0.3) is 0 Å². The van der Waals surface area contributed by atoms with Gasteiger partial charge in [-0.2, -0.15) is 0 Å². The minimum absolute atomic E-state index is 0.423. The first kappa shape index (κ1) is 13.5. The quantitative estimate of drug-likeness (QED) is 0.825. The fraction of sp³-hybridized carbons (Fsp3) is 0.286. The summed E-state index contributed by atoms with van der Waals surface area (Å²) in [5.74, 6) is 0. The van der Waals surface area contributed by atoms with Gasteiger partial charge in [-0.1, -0.05) is 18.2 Å². The number of thiazole rings is 1. The SMILES string of the molecule is CC(C)(C)OC(=O)N(c1ccccc1)c1nccs1. The summed E-state index contributed by atoms with van der Waals surface area (Å²) in [6.07, 6.45) is 1.24. The second-order valence-corrected chi connectivity index (χ2v) is 5.84. The summed E-state index contributed by atoms with van der Waals surface area (Å²) in [6.45, 7) is 5.53. The van der Waals surface area contributed by atoms with Gasteiger partial charge in [0.15, 0.2) is 5.13 Å². The molecule has 1 amide bonds. The van der Waals surface area contributed by atoms with E-state index in [1.165, 1.54) is 16.2 Å². The first-order valence-electron chi connectivity index (χ1n) is 5.95. The molecule has 0 radical (unpaired) electrons. The molecule has 0 atom stereocenters. The number of ether oxygens (including phenoxy) is 1. The minimum Gasteiger partial charge on any atom is -0.443 e. The zero-order chi connectivity index (χ0) is 13.9. The van der Waals surface area contributed by atoms with E-state index in [-0.39, 0.29) is 0 Å². The topological polar surface area (TPSA) is 42.4 Å². The number of amides is 1. The average Bonchev–Trinajstić information content (AvgIpc) is 2.82. The van der Waals surface area contributed by atoms with Crippen molar-refractivity contribution in [1.82, 2.24) is 4.98 Å². The molecular weight excluding hydrogens is 260 g/mol. The standard InChI is InChI=1S/C14H16N2O2S/c1-14(2,3)18-13(17)16(12-15-9-10-19-12)11-7-5-4-6-8-11/h4-10H,1-3H3. The van der Waals surface area contributed by atoms with Gasteiger partial charge in [0, 0.05) is 11.6 Å². The van der Waals surface area contributed by atoms with Crippen molar-refractivity contribution in [1.29, 1.82) is 0 Å². The van der Waals surface area contributed by atoms with Crippen LogP contribution in [0.15, 0.2) is 41.9 Å². The zero-order valence-corrected chi connectivity index (χ0v) is 12.0. The second kappa shape index (κ2) is 5.40. The smallest absolute Gasteiger partial charge is 0.421 e. The van der Waals surface area contributed by atoms with Gasteiger partial charge in [-0.05, 0) is 32.9 Å². The first-order chi connectivity index (χ1) is 8.97. The molecule has 0 aliphatic rings. The summed E-state index contributed by atoms with van der Waals surface area (Å²) >= 11 is 1.39. The van der Waals surface area contributed by atoms with Crippen LogP contribution in [0.2, 0.25) is 0 Å². The van der Waals surface area contributed by atoms with E-state index in [4.69, 9.17) is 4.74 Å². The number of para-hydroxylation sites is 1. The third-order valence-corrected chi connectivity index (χ3v) is 2.96. The van der Waals surface area contributed by atoms with Crippen LogP contribution in [0.4, 0.5) is 15.6 Å². The molecule has 1 aromatic carbocycles. The van der Waals surface area contributed by atoms with E-state index < -0.39 is 11.7 Å². The zero-order valence-electron chi connectivity index (χ0n) is 11.2. The molecule has 0 bridgehead atoms. The lowest BCUT2D eigenvalue weighted by Gasteiger charge is -2.25. The number of carbonyl (C=O) groups is 1. The maximum atomic E-state index is 12.3. The largest absolute Gasteiger partial charge is 0.443 e. The summed E-state index contributed by atoms with van der Waals surface area (Å²) in [5.41, 5.74) is 0.202. The van der Waals surface area contributed by atoms with Gasteiger partial charge in [0.25, 0.3) is 0 Å². The summed E-state index contributed by atoms with van der Waals surface area (Å²) in [5, 5.41) is 2.43. The van der Waals surface area contributed by atoms with Crippen LogP contribution >= 0.6 is 11.3 Å². The molecule has 0 fully saturated rings. The maximum absolute atomic E-state index is 12.3. The van der Waals surface area contributed by atoms with E-state index in [1.54, 1.807) is 6.20 Å². The van der Waals surface area contributed by atoms with Gasteiger partial charge >= 0.3 is 6.09 Å². The van der Waals surface area contributed by atoms with Crippen LogP contribution < -0.4 is 4.90 Å². The summed E-state index contributed by atoms with van der Waals surface area (Å²) in [6, 6.07) is 9.36. The number of carbonyl (C=O) groups excluding carboxylic acids is 1. The van der Waals surface area contributed by atoms with E-state index >= 15 is 0 Å². The molecule has 0 unspecified atom stereocenters. The molecular formula is C14H16N2O2S. The van der Waals surface area contributed by atoms with Crippen molar-refractivity contribution in [3.63, 3.8) is 0 Å². The summed E-state index contributed by atoms with van der Waals surface area (Å²) < 4.78 is 5.43. The van der Waals surface area contributed by atoms with Crippen molar-refractivity contribution in [2.75, 3.05) is 4.90 Å². The predicted octanol–water partition coefficient (Wildman–Crippen LogP) is 4.22. The van der Waals surface area contributed by atoms with Crippen molar-refractivity contribution in [2.24, 2.45) is 0 Å². The fourth-order valence-electron chi connectivity index (χ4n) is 1.50. The fourth-order valence-corrected chi connectivity index (χ4v) is 2.16. The third-order valence-electron chi connectivity index (χ3n) is 2.20. The Morgan fingerprint density at radius 2 is 1.95 bits per heavy atom. The lowest BCUT2D eigenvalue weighted by molar-refractivity contribution is 0.0599. The molecule has 19 heavy (non-hydrogen) atoms. The first-order valence-corrected chi connectivity index (χ1v) is 6.83. The number of anilines is 2. The Labute approximate surface area is 116 Å². The van der Waals surface area contributed by atoms with Gasteiger partial charge in [-0.3, -0.25) is 0 Å². The van der Waals surface area contributed by atoms with Gasteiger partial charge in [0.1, 0.15) is 5.60 Å². The second-order valence-electron chi connectivity index (χ2n) is 4.97. The van der Waals surface area contributed by atoms with Gasteiger partial charge in [-0.25, -0.2) is 14.7 Å². The Bertz CT molecular complexity index is 532. The van der Waals surface area contributed by atoms with Crippen LogP contribution in [0, 0.1) is 0 Å². The van der Waals surface area contributed by atoms with Gasteiger partial charge in [0.05, 0.1) is 5.69 Å². The summed E-state index contributed by atoms with van der Waals surface area (Å²) in [7, 11) is 0. The number of aromatic nitrogens is 1. The van der Waals surface area contributed by atoms with Gasteiger partial charge in [-0.15, -0.1) is 11.3 Å². The van der Waals surface area contributed by atoms with Crippen LogP contribution in [0.5, 0.6) is 0 Å². The van der Waals surface area contributed by atoms with E-state index in [0.717, 1.165) is 5.69 Å². The molecule has 0 saturated heterocycles. The Hall–Kier alpha value is -1.88. The highest BCUT2D eigenvalue weighted by molar-refractivity contribution is 7.13. The van der Waals surface area contributed by atoms with Crippen LogP contribution in [-0.4, -0.2) is 16.7 Å². The molecule has 4 nitrogen and oxygen atoms in total. The van der Waals surface area contributed by atoms with E-state index in [1.807, 2.05) is 56.5 Å². The molecule has 0 aliphatic heterocycles. The highest BCUT2D eigenvalue weighted by Gasteiger charge is 2.26. The van der Waals surface area contributed by atoms with E-state index in [2.05, 4.69) is 4.98 Å². The Kier molecular flexibility index (Phi) is 3.85. The van der Waals surface area contributed by atoms with E-state index in [9.17, 15) is 4.79 Å². The number of hydrogen-bond acceptors (Lipinski definition) is 4.